The molecule has 12 aromatic carbocycles. The second-order valence-corrected chi connectivity index (χ2v) is 31.0. The summed E-state index contributed by atoms with van der Waals surface area (Å²) in [6.45, 7) is 19.4. The van der Waals surface area contributed by atoms with Gasteiger partial charge in [-0.15, -0.1) is 0 Å². The Balaban J connectivity index is 0.000000261. The van der Waals surface area contributed by atoms with Crippen LogP contribution in [0.3, 0.4) is 0 Å². The number of phosphoric acid groups is 2. The molecule has 3 N–H and O–H groups in total. The number of ether oxygens (including phenoxy) is 3. The molecule has 0 radical (unpaired) electrons. The highest BCUT2D eigenvalue weighted by Gasteiger charge is 2.30. The van der Waals surface area contributed by atoms with Crippen molar-refractivity contribution in [1.29, 1.82) is 0 Å². The first-order chi connectivity index (χ1) is 52.7. The predicted octanol–water partition coefficient (Wildman–Crippen LogP) is 23.8. The zero-order chi connectivity index (χ0) is 76.9. The third kappa shape index (κ3) is 21.4. The van der Waals surface area contributed by atoms with Crippen LogP contribution in [0.15, 0.2) is 309 Å². The van der Waals surface area contributed by atoms with Gasteiger partial charge < -0.3 is 28.9 Å². The van der Waals surface area contributed by atoms with Crippen LogP contribution in [-0.2, 0) is 22.7 Å². The summed E-state index contributed by atoms with van der Waals surface area (Å²) in [5.74, 6) is 2.63. The van der Waals surface area contributed by atoms with Crippen LogP contribution < -0.4 is 14.2 Å². The van der Waals surface area contributed by atoms with E-state index in [-0.39, 0.29) is 92.9 Å². The Labute approximate surface area is 645 Å². The Morgan fingerprint density at radius 2 is 0.376 bits per heavy atom. The molecule has 11 nitrogen and oxygen atoms in total. The van der Waals surface area contributed by atoms with E-state index >= 15 is 0 Å². The number of hydrogen-bond donors (Lipinski definition) is 3. The van der Waals surface area contributed by atoms with Gasteiger partial charge in [0, 0.05) is 86.6 Å². The summed E-state index contributed by atoms with van der Waals surface area (Å²) < 4.78 is 60.5. The quantitative estimate of drug-likeness (QED) is 0.0266. The number of phosphoric ester groups is 2. The smallest absolute Gasteiger partial charge is 0.472 e. The Morgan fingerprint density at radius 3 is 0.541 bits per heavy atom. The van der Waals surface area contributed by atoms with Gasteiger partial charge in [0.15, 0.2) is 0 Å². The summed E-state index contributed by atoms with van der Waals surface area (Å²) in [4.78, 5) is 29.4. The van der Waals surface area contributed by atoms with E-state index in [9.17, 15) is 14.0 Å². The third-order valence-electron chi connectivity index (χ3n) is 21.3. The molecule has 0 aliphatic heterocycles. The van der Waals surface area contributed by atoms with Gasteiger partial charge in [0.2, 0.25) is 0 Å². The molecule has 0 aliphatic carbocycles. The van der Waals surface area contributed by atoms with E-state index in [0.717, 1.165) is 84.0 Å². The fraction of sp³-hybridized carbons (Fsp3) is 0.250. The lowest BCUT2D eigenvalue weighted by Gasteiger charge is -2.27. The van der Waals surface area contributed by atoms with E-state index < -0.39 is 15.6 Å². The molecular formula is C96H102O11P2. The van der Waals surface area contributed by atoms with Crippen molar-refractivity contribution < 1.29 is 51.6 Å². The molecule has 109 heavy (non-hydrogen) atoms. The topological polar surface area (TPSA) is 150 Å². The van der Waals surface area contributed by atoms with E-state index in [1.54, 1.807) is 0 Å². The van der Waals surface area contributed by atoms with Crippen LogP contribution >= 0.6 is 15.6 Å². The maximum atomic E-state index is 13.6. The fourth-order valence-corrected chi connectivity index (χ4v) is 15.5. The Hall–Kier alpha value is -9.74. The zero-order valence-electron chi connectivity index (χ0n) is 63.9. The van der Waals surface area contributed by atoms with Crippen LogP contribution in [0.25, 0.3) is 0 Å². The first-order valence-corrected chi connectivity index (χ1v) is 40.9. The fourth-order valence-electron chi connectivity index (χ4n) is 14.5. The Morgan fingerprint density at radius 1 is 0.220 bits per heavy atom. The van der Waals surface area contributed by atoms with E-state index in [1.165, 1.54) is 33.4 Å². The van der Waals surface area contributed by atoms with Gasteiger partial charge in [-0.1, -0.05) is 372 Å². The van der Waals surface area contributed by atoms with Gasteiger partial charge in [-0.05, 0) is 66.8 Å². The maximum absolute atomic E-state index is 13.6. The molecule has 9 atom stereocenters. The summed E-state index contributed by atoms with van der Waals surface area (Å²) in [5, 5.41) is 0. The molecule has 0 aromatic heterocycles. The number of hydrogen-bond acceptors (Lipinski definition) is 8. The Kier molecular flexibility index (Phi) is 28.4. The minimum absolute atomic E-state index is 0.0140. The first-order valence-electron chi connectivity index (χ1n) is 37.9. The summed E-state index contributed by atoms with van der Waals surface area (Å²) >= 11 is 0. The molecule has 0 aliphatic rings. The van der Waals surface area contributed by atoms with Crippen molar-refractivity contribution in [2.24, 2.45) is 0 Å². The van der Waals surface area contributed by atoms with Gasteiger partial charge >= 0.3 is 15.6 Å². The largest absolute Gasteiger partial charge is 0.491 e. The molecule has 12 rings (SSSR count). The van der Waals surface area contributed by atoms with Gasteiger partial charge in [0.05, 0.1) is 19.8 Å². The van der Waals surface area contributed by atoms with Gasteiger partial charge in [0.1, 0.15) is 37.1 Å². The minimum Gasteiger partial charge on any atom is -0.491 e. The molecule has 0 heterocycles. The SMILES string of the molecule is CC(c1ccccc1)c1cc(C(C)c2ccccc2)c(OCCOP(=O)(O)O)c(C(C)c2ccccc2)c1.CC(c1ccccc1)c1cc(C(C)c2ccccc2)c(OCCOP(=O)(O)OCCOc2c(C(C)c3ccccc3)cc(C(C)c3ccccc3)cc2C(C)c2ccccc2)c(C(C)c2ccccc2)c1. The second kappa shape index (κ2) is 38.6. The summed E-state index contributed by atoms with van der Waals surface area (Å²) in [6.07, 6.45) is 0. The van der Waals surface area contributed by atoms with Crippen LogP contribution in [0.2, 0.25) is 0 Å². The van der Waals surface area contributed by atoms with Crippen molar-refractivity contribution in [3.63, 3.8) is 0 Å². The van der Waals surface area contributed by atoms with Gasteiger partial charge in [-0.2, -0.15) is 0 Å². The standard InChI is InChI=1S/C64H67O6P.C32H35O5P/c1-45(51-25-13-7-14-26-51)57-41-59(47(3)53-29-17-9-18-30-53)63(60(42-57)48(4)54-31-19-10-20-32-54)67-37-39-69-71(65,66)70-40-38-68-64-61(49(5)55-33-21-11-22-34-55)43-58(46(2)52-27-15-8-16-28-52)44-62(64)50(6)56-35-23-12-24-36-56;1-23(26-13-7-4-8-14-26)29-21-30(24(2)27-15-9-5-10-16-27)32(36-19-20-37-38(33,34)35)31(22-29)25(3)28-17-11-6-12-18-28/h7-36,41-50H,37-40H2,1-6H3,(H,65,66);4-18,21-25H,19-20H2,1-3H3,(H2,33,34,35). The van der Waals surface area contributed by atoms with Gasteiger partial charge in [-0.3, -0.25) is 13.6 Å². The normalized spacial score (nSPS) is 14.6. The number of rotatable bonds is 33. The third-order valence-corrected chi connectivity index (χ3v) is 22.8. The van der Waals surface area contributed by atoms with E-state index in [2.05, 4.69) is 297 Å². The highest BCUT2D eigenvalue weighted by atomic mass is 31.2. The average molecular weight is 1490 g/mol. The lowest BCUT2D eigenvalue weighted by molar-refractivity contribution is 0.114. The molecule has 12 aromatic rings. The average Bonchev–Trinajstić information content (AvgIpc) is 0.786. The zero-order valence-corrected chi connectivity index (χ0v) is 65.7. The van der Waals surface area contributed by atoms with Crippen LogP contribution in [0.4, 0.5) is 0 Å². The molecular weight excluding hydrogens is 1390 g/mol. The molecule has 0 bridgehead atoms. The van der Waals surface area contributed by atoms with Crippen molar-refractivity contribution in [1.82, 2.24) is 0 Å². The van der Waals surface area contributed by atoms with E-state index in [1.807, 2.05) is 78.9 Å². The minimum atomic E-state index is -4.58. The van der Waals surface area contributed by atoms with Gasteiger partial charge in [0.25, 0.3) is 0 Å². The van der Waals surface area contributed by atoms with Crippen molar-refractivity contribution in [2.75, 3.05) is 39.6 Å². The maximum Gasteiger partial charge on any atom is 0.472 e. The molecule has 0 spiro atoms. The van der Waals surface area contributed by atoms with E-state index in [4.69, 9.17) is 33.0 Å². The molecule has 0 fully saturated rings. The lowest BCUT2D eigenvalue weighted by atomic mass is 9.81. The second-order valence-electron chi connectivity index (χ2n) is 28.3. The van der Waals surface area contributed by atoms with Crippen LogP contribution in [0, 0.1) is 0 Å². The van der Waals surface area contributed by atoms with Crippen LogP contribution in [0.5, 0.6) is 17.2 Å². The first kappa shape index (κ1) is 80.3. The molecule has 0 saturated heterocycles. The summed E-state index contributed by atoms with van der Waals surface area (Å²) in [7, 11) is -9.10. The lowest BCUT2D eigenvalue weighted by Crippen LogP contribution is -2.15. The van der Waals surface area contributed by atoms with E-state index in [0.29, 0.717) is 0 Å². The monoisotopic (exact) mass is 1490 g/mol. The molecule has 0 saturated carbocycles. The molecule has 9 unspecified atom stereocenters. The van der Waals surface area contributed by atoms with Crippen molar-refractivity contribution in [2.45, 2.75) is 116 Å². The highest BCUT2D eigenvalue weighted by Crippen LogP contribution is 2.48. The summed E-state index contributed by atoms with van der Waals surface area (Å²) in [5.41, 5.74) is 20.4. The van der Waals surface area contributed by atoms with Crippen molar-refractivity contribution in [3.8, 4) is 17.2 Å². The summed E-state index contributed by atoms with van der Waals surface area (Å²) in [6, 6.07) is 107. The van der Waals surface area contributed by atoms with Crippen molar-refractivity contribution in [3.05, 3.63) is 410 Å². The van der Waals surface area contributed by atoms with Gasteiger partial charge in [-0.25, -0.2) is 9.13 Å². The van der Waals surface area contributed by atoms with Crippen LogP contribution in [0.1, 0.15) is 216 Å². The number of benzene rings is 12. The Bertz CT molecular complexity index is 4480. The highest BCUT2D eigenvalue weighted by molar-refractivity contribution is 7.47. The predicted molar refractivity (Wildman–Crippen MR) is 441 cm³/mol. The molecule has 562 valence electrons. The van der Waals surface area contributed by atoms with Crippen molar-refractivity contribution >= 4 is 15.6 Å². The molecule has 13 heteroatoms. The molecule has 0 amide bonds. The van der Waals surface area contributed by atoms with Crippen LogP contribution in [-0.4, -0.2) is 54.3 Å².